The van der Waals surface area contributed by atoms with Crippen LogP contribution in [-0.4, -0.2) is 16.1 Å². The Bertz CT molecular complexity index is 645. The van der Waals surface area contributed by atoms with E-state index >= 15 is 0 Å². The first-order chi connectivity index (χ1) is 8.63. The topological polar surface area (TPSA) is 74.0 Å². The number of nitriles is 1. The van der Waals surface area contributed by atoms with Gasteiger partial charge in [-0.2, -0.15) is 5.26 Å². The molecular weight excluding hydrogens is 235 g/mol. The van der Waals surface area contributed by atoms with Crippen molar-refractivity contribution >= 4 is 5.97 Å². The van der Waals surface area contributed by atoms with E-state index < -0.39 is 11.8 Å². The molecule has 1 aromatic carbocycles. The highest BCUT2D eigenvalue weighted by atomic mass is 19.1. The second-order valence-electron chi connectivity index (χ2n) is 3.52. The molecule has 0 fully saturated rings. The summed E-state index contributed by atoms with van der Waals surface area (Å²) < 4.78 is 13.8. The molecule has 0 saturated heterocycles. The molecule has 1 N–H and O–H groups in total. The molecule has 4 nitrogen and oxygen atoms in total. The monoisotopic (exact) mass is 242 g/mol. The zero-order valence-corrected chi connectivity index (χ0v) is 9.09. The first kappa shape index (κ1) is 11.7. The van der Waals surface area contributed by atoms with Crippen molar-refractivity contribution in [2.45, 2.75) is 0 Å². The first-order valence-electron chi connectivity index (χ1n) is 5.02. The van der Waals surface area contributed by atoms with E-state index in [9.17, 15) is 9.18 Å². The SMILES string of the molecule is N#Cc1cccc(-c2ccc(C(=O)O)cn2)c1F. The summed E-state index contributed by atoms with van der Waals surface area (Å²) in [5.74, 6) is -1.75. The Labute approximate surface area is 102 Å². The van der Waals surface area contributed by atoms with Crippen molar-refractivity contribution in [1.82, 2.24) is 4.98 Å². The zero-order chi connectivity index (χ0) is 13.1. The Balaban J connectivity index is 2.50. The van der Waals surface area contributed by atoms with E-state index in [-0.39, 0.29) is 22.4 Å². The van der Waals surface area contributed by atoms with Crippen molar-refractivity contribution in [1.29, 1.82) is 5.26 Å². The van der Waals surface area contributed by atoms with Gasteiger partial charge in [-0.25, -0.2) is 9.18 Å². The second kappa shape index (κ2) is 4.63. The lowest BCUT2D eigenvalue weighted by atomic mass is 10.1. The van der Waals surface area contributed by atoms with Crippen LogP contribution in [0.1, 0.15) is 15.9 Å². The van der Waals surface area contributed by atoms with Crippen LogP contribution in [0.3, 0.4) is 0 Å². The average Bonchev–Trinajstić information content (AvgIpc) is 2.39. The molecule has 5 heteroatoms. The van der Waals surface area contributed by atoms with Crippen molar-refractivity contribution in [3.8, 4) is 17.3 Å². The molecule has 0 unspecified atom stereocenters. The van der Waals surface area contributed by atoms with Gasteiger partial charge in [0.25, 0.3) is 0 Å². The number of aromatic nitrogens is 1. The summed E-state index contributed by atoms with van der Waals surface area (Å²) >= 11 is 0. The fraction of sp³-hybridized carbons (Fsp3) is 0. The van der Waals surface area contributed by atoms with Gasteiger partial charge in [-0.05, 0) is 24.3 Å². The predicted octanol–water partition coefficient (Wildman–Crippen LogP) is 2.46. The van der Waals surface area contributed by atoms with Gasteiger partial charge in [0.05, 0.1) is 16.8 Å². The lowest BCUT2D eigenvalue weighted by Gasteiger charge is -2.03. The van der Waals surface area contributed by atoms with Gasteiger partial charge in [0.1, 0.15) is 11.9 Å². The van der Waals surface area contributed by atoms with Gasteiger partial charge in [0, 0.05) is 11.8 Å². The third kappa shape index (κ3) is 2.04. The molecule has 0 spiro atoms. The number of carbonyl (C=O) groups is 1. The molecule has 2 rings (SSSR count). The van der Waals surface area contributed by atoms with Crippen LogP contribution in [0.4, 0.5) is 4.39 Å². The van der Waals surface area contributed by atoms with Crippen molar-refractivity contribution in [3.63, 3.8) is 0 Å². The number of aromatic carboxylic acids is 1. The molecule has 0 bridgehead atoms. The van der Waals surface area contributed by atoms with Crippen molar-refractivity contribution in [2.75, 3.05) is 0 Å². The molecular formula is C13H7FN2O2. The lowest BCUT2D eigenvalue weighted by Crippen LogP contribution is -1.98. The van der Waals surface area contributed by atoms with Gasteiger partial charge >= 0.3 is 5.97 Å². The minimum absolute atomic E-state index is 0.0237. The van der Waals surface area contributed by atoms with Crippen molar-refractivity contribution in [3.05, 3.63) is 53.5 Å². The first-order valence-corrected chi connectivity index (χ1v) is 5.02. The number of carboxylic acids is 1. The van der Waals surface area contributed by atoms with Gasteiger partial charge in [0.2, 0.25) is 0 Å². The Morgan fingerprint density at radius 1 is 1.33 bits per heavy atom. The lowest BCUT2D eigenvalue weighted by molar-refractivity contribution is 0.0696. The number of halogens is 1. The summed E-state index contributed by atoms with van der Waals surface area (Å²) in [6.07, 6.45) is 1.15. The average molecular weight is 242 g/mol. The number of hydrogen-bond acceptors (Lipinski definition) is 3. The second-order valence-corrected chi connectivity index (χ2v) is 3.52. The number of carboxylic acid groups (broad SMARTS) is 1. The van der Waals surface area contributed by atoms with Crippen molar-refractivity contribution in [2.24, 2.45) is 0 Å². The third-order valence-corrected chi connectivity index (χ3v) is 2.41. The van der Waals surface area contributed by atoms with E-state index in [4.69, 9.17) is 10.4 Å². The van der Waals surface area contributed by atoms with E-state index in [0.717, 1.165) is 6.20 Å². The summed E-state index contributed by atoms with van der Waals surface area (Å²) in [6, 6.07) is 8.88. The van der Waals surface area contributed by atoms with Crippen LogP contribution in [0.15, 0.2) is 36.5 Å². The van der Waals surface area contributed by atoms with Gasteiger partial charge in [-0.15, -0.1) is 0 Å². The molecule has 1 heterocycles. The van der Waals surface area contributed by atoms with E-state index in [1.165, 1.54) is 24.3 Å². The van der Waals surface area contributed by atoms with Crippen LogP contribution in [0.25, 0.3) is 11.3 Å². The third-order valence-electron chi connectivity index (χ3n) is 2.41. The summed E-state index contributed by atoms with van der Waals surface area (Å²) in [5.41, 5.74) is 0.410. The maximum Gasteiger partial charge on any atom is 0.337 e. The molecule has 18 heavy (non-hydrogen) atoms. The van der Waals surface area contributed by atoms with Crippen LogP contribution in [-0.2, 0) is 0 Å². The standard InChI is InChI=1S/C13H7FN2O2/c14-12-8(6-15)2-1-3-10(12)11-5-4-9(7-16-11)13(17)18/h1-5,7H,(H,17,18). The summed E-state index contributed by atoms with van der Waals surface area (Å²) in [6.45, 7) is 0. The molecule has 0 saturated carbocycles. The van der Waals surface area contributed by atoms with E-state index in [2.05, 4.69) is 4.98 Å². The number of benzene rings is 1. The molecule has 0 aliphatic carbocycles. The molecule has 2 aromatic rings. The Hall–Kier alpha value is -2.74. The smallest absolute Gasteiger partial charge is 0.337 e. The predicted molar refractivity (Wildman–Crippen MR) is 61.3 cm³/mol. The highest BCUT2D eigenvalue weighted by molar-refractivity contribution is 5.87. The maximum atomic E-state index is 13.8. The molecule has 0 atom stereocenters. The summed E-state index contributed by atoms with van der Waals surface area (Å²) in [7, 11) is 0. The van der Waals surface area contributed by atoms with Gasteiger partial charge in [0.15, 0.2) is 0 Å². The molecule has 0 amide bonds. The van der Waals surface area contributed by atoms with Crippen LogP contribution in [0, 0.1) is 17.1 Å². The quantitative estimate of drug-likeness (QED) is 0.877. The van der Waals surface area contributed by atoms with Crippen LogP contribution in [0.2, 0.25) is 0 Å². The Morgan fingerprint density at radius 2 is 2.11 bits per heavy atom. The summed E-state index contributed by atoms with van der Waals surface area (Å²) in [4.78, 5) is 14.5. The molecule has 0 aliphatic rings. The Kier molecular flexibility index (Phi) is 3.02. The van der Waals surface area contributed by atoms with Gasteiger partial charge in [-0.1, -0.05) is 6.07 Å². The maximum absolute atomic E-state index is 13.8. The van der Waals surface area contributed by atoms with Gasteiger partial charge < -0.3 is 5.11 Å². The van der Waals surface area contributed by atoms with Crippen LogP contribution in [0.5, 0.6) is 0 Å². The fourth-order valence-electron chi connectivity index (χ4n) is 1.50. The zero-order valence-electron chi connectivity index (χ0n) is 9.09. The highest BCUT2D eigenvalue weighted by Gasteiger charge is 2.11. The normalized spacial score (nSPS) is 9.78. The van der Waals surface area contributed by atoms with Gasteiger partial charge in [-0.3, -0.25) is 4.98 Å². The Morgan fingerprint density at radius 3 is 2.67 bits per heavy atom. The van der Waals surface area contributed by atoms with Crippen molar-refractivity contribution < 1.29 is 14.3 Å². The molecule has 0 aliphatic heterocycles. The highest BCUT2D eigenvalue weighted by Crippen LogP contribution is 2.23. The number of hydrogen-bond donors (Lipinski definition) is 1. The number of pyridine rings is 1. The fourth-order valence-corrected chi connectivity index (χ4v) is 1.50. The van der Waals surface area contributed by atoms with E-state index in [1.807, 2.05) is 0 Å². The molecule has 0 radical (unpaired) electrons. The number of rotatable bonds is 2. The van der Waals surface area contributed by atoms with Crippen LogP contribution < -0.4 is 0 Å². The largest absolute Gasteiger partial charge is 0.478 e. The van der Waals surface area contributed by atoms with E-state index in [0.29, 0.717) is 0 Å². The molecule has 88 valence electrons. The number of nitrogens with zero attached hydrogens (tertiary/aromatic N) is 2. The summed E-state index contributed by atoms with van der Waals surface area (Å²) in [5, 5.41) is 17.4. The van der Waals surface area contributed by atoms with E-state index in [1.54, 1.807) is 12.1 Å². The minimum Gasteiger partial charge on any atom is -0.478 e. The van der Waals surface area contributed by atoms with Crippen LogP contribution >= 0.6 is 0 Å². The minimum atomic E-state index is -1.10. The molecule has 1 aromatic heterocycles.